The van der Waals surface area contributed by atoms with E-state index in [0.29, 0.717) is 16.6 Å². The van der Waals surface area contributed by atoms with Crippen LogP contribution in [-0.2, 0) is 11.3 Å². The van der Waals surface area contributed by atoms with E-state index in [2.05, 4.69) is 216 Å². The van der Waals surface area contributed by atoms with Gasteiger partial charge in [0, 0.05) is 135 Å². The van der Waals surface area contributed by atoms with Gasteiger partial charge in [-0.05, 0) is 257 Å². The normalized spacial score (nSPS) is 20.0. The molecule has 0 aliphatic carbocycles. The molecule has 0 saturated carbocycles. The molecule has 0 unspecified atom stereocenters. The molecule has 9 rings (SSSR count). The van der Waals surface area contributed by atoms with E-state index in [1.165, 1.54) is 128 Å². The van der Waals surface area contributed by atoms with Crippen LogP contribution in [0.2, 0.25) is 0 Å². The van der Waals surface area contributed by atoms with Gasteiger partial charge in [0.2, 0.25) is 0 Å². The van der Waals surface area contributed by atoms with Crippen molar-refractivity contribution in [3.63, 3.8) is 0 Å². The van der Waals surface area contributed by atoms with Crippen LogP contribution in [0.1, 0.15) is 195 Å². The molecule has 0 amide bonds. The molecule has 1 aromatic carbocycles. The van der Waals surface area contributed by atoms with Gasteiger partial charge in [0.1, 0.15) is 5.82 Å². The molecule has 12 heteroatoms. The summed E-state index contributed by atoms with van der Waals surface area (Å²) in [5.41, 5.74) is 5.35. The molecule has 0 spiro atoms. The molecule has 2 N–H and O–H groups in total. The van der Waals surface area contributed by atoms with Crippen LogP contribution in [0.3, 0.4) is 0 Å². The number of ether oxygens (including phenoxy) is 1. The van der Waals surface area contributed by atoms with Crippen LogP contribution in [0, 0.1) is 0 Å². The maximum absolute atomic E-state index is 5.25. The van der Waals surface area contributed by atoms with Crippen LogP contribution in [0.5, 0.6) is 0 Å². The first-order chi connectivity index (χ1) is 37.5. The number of piperidine rings is 3. The highest BCUT2D eigenvalue weighted by atomic mass is 16.5. The number of benzene rings is 1. The number of rotatable bonds is 6. The van der Waals surface area contributed by atoms with E-state index >= 15 is 0 Å². The fourth-order valence-corrected chi connectivity index (χ4v) is 11.2. The summed E-state index contributed by atoms with van der Waals surface area (Å²) in [5, 5.41) is 6.87. The monoisotopic (exact) mass is 1110 g/mol. The Balaban J connectivity index is 0.000000210. The van der Waals surface area contributed by atoms with Crippen molar-refractivity contribution in [2.24, 2.45) is 0 Å². The molecule has 6 fully saturated rings. The number of nitrogens with one attached hydrogen (secondary N) is 2. The van der Waals surface area contributed by atoms with Gasteiger partial charge < -0.3 is 30.1 Å². The topological polar surface area (TPSA) is 81.8 Å². The summed E-state index contributed by atoms with van der Waals surface area (Å²) in [6, 6.07) is 21.8. The number of morpholine rings is 1. The minimum Gasteiger partial charge on any atom is -0.380 e. The van der Waals surface area contributed by atoms with Crippen molar-refractivity contribution in [3.8, 4) is 0 Å². The molecule has 12 nitrogen and oxygen atoms in total. The van der Waals surface area contributed by atoms with Crippen LogP contribution >= 0.6 is 0 Å². The quantitative estimate of drug-likeness (QED) is 0.247. The average Bonchev–Trinajstić information content (AvgIpc) is 4.01. The molecule has 2 aromatic heterocycles. The molecule has 6 aliphatic heterocycles. The highest BCUT2D eigenvalue weighted by Crippen LogP contribution is 2.27. The molecule has 80 heavy (non-hydrogen) atoms. The zero-order chi connectivity index (χ0) is 59.0. The standard InChI is InChI=1S/C15H24N2.C14H28N2.C13H21N3.C10H16N2.C8H17NO.C8H17N/c1-15(2,3)16-13-7-9-14(10-8-13)17-11-5-4-6-12-17;1-14(2,3)16-11-7-13(8-12-16)15-9-5-4-6-10-15;1-13(2,3)16-10-8-15(9-11-16)12-6-4-5-7-14-12;1-10(2,3)12-8-9-6-4-5-7-11-9;1-8(2,3)9-4-6-10-7-5-9;1-8(2,3)9-6-4-5-7-9/h7-10,16H,4-6,11-12H2,1-3H3;13H,4-12H2,1-3H3;4-7H,8-11H2,1-3H3;4-7,12H,8H2,1-3H3;4-7H2,1-3H3;4-7H2,1-3H3. The maximum atomic E-state index is 5.25. The van der Waals surface area contributed by atoms with E-state index in [0.717, 1.165) is 76.6 Å². The highest BCUT2D eigenvalue weighted by Gasteiger charge is 2.31. The van der Waals surface area contributed by atoms with E-state index in [1.54, 1.807) is 0 Å². The summed E-state index contributed by atoms with van der Waals surface area (Å²) >= 11 is 0. The zero-order valence-corrected chi connectivity index (χ0v) is 55.0. The molecular formula is C68H123N11O. The third kappa shape index (κ3) is 27.8. The molecule has 8 heterocycles. The number of hydrogen-bond acceptors (Lipinski definition) is 12. The Hall–Kier alpha value is -3.36. The number of piperazine rings is 1. The number of likely N-dealkylation sites (tertiary alicyclic amines) is 3. The first-order valence-electron chi connectivity index (χ1n) is 31.7. The Labute approximate surface area is 492 Å². The molecule has 0 radical (unpaired) electrons. The molecule has 0 atom stereocenters. The van der Waals surface area contributed by atoms with Crippen molar-refractivity contribution in [2.75, 3.05) is 120 Å². The van der Waals surface area contributed by atoms with Crippen molar-refractivity contribution in [3.05, 3.63) is 78.8 Å². The van der Waals surface area contributed by atoms with Crippen molar-refractivity contribution in [1.29, 1.82) is 0 Å². The smallest absolute Gasteiger partial charge is 0.128 e. The maximum Gasteiger partial charge on any atom is 0.128 e. The van der Waals surface area contributed by atoms with E-state index < -0.39 is 0 Å². The predicted octanol–water partition coefficient (Wildman–Crippen LogP) is 13.6. The van der Waals surface area contributed by atoms with Gasteiger partial charge in [-0.1, -0.05) is 18.6 Å². The van der Waals surface area contributed by atoms with Gasteiger partial charge in [-0.25, -0.2) is 4.98 Å². The lowest BCUT2D eigenvalue weighted by atomic mass is 9.96. The Morgan fingerprint density at radius 2 is 0.875 bits per heavy atom. The van der Waals surface area contributed by atoms with Crippen LogP contribution in [0.25, 0.3) is 0 Å². The lowest BCUT2D eigenvalue weighted by Crippen LogP contribution is -2.53. The fourth-order valence-electron chi connectivity index (χ4n) is 11.2. The second kappa shape index (κ2) is 33.2. The number of pyridine rings is 2. The second-order valence-electron chi connectivity index (χ2n) is 29.3. The van der Waals surface area contributed by atoms with Gasteiger partial charge in [-0.3, -0.25) is 24.6 Å². The lowest BCUT2D eigenvalue weighted by molar-refractivity contribution is -0.00389. The van der Waals surface area contributed by atoms with E-state index in [9.17, 15) is 0 Å². The number of nitrogens with zero attached hydrogens (tertiary/aromatic N) is 9. The van der Waals surface area contributed by atoms with Gasteiger partial charge in [0.15, 0.2) is 0 Å². The summed E-state index contributed by atoms with van der Waals surface area (Å²) in [6.07, 6.45) is 17.6. The van der Waals surface area contributed by atoms with E-state index in [1.807, 2.05) is 36.7 Å². The minimum atomic E-state index is 0.132. The third-order valence-electron chi connectivity index (χ3n) is 16.2. The van der Waals surface area contributed by atoms with Crippen LogP contribution in [0.4, 0.5) is 17.2 Å². The SMILES string of the molecule is CC(C)(C)N1CCC(N2CCCCC2)CC1.CC(C)(C)N1CCCC1.CC(C)(C)N1CCN(c2ccccn2)CC1.CC(C)(C)N1CCOCC1.CC(C)(C)NCc1ccccn1.CC(C)(C)Nc1ccc(N2CCCCC2)cc1. The zero-order valence-electron chi connectivity index (χ0n) is 55.0. The summed E-state index contributed by atoms with van der Waals surface area (Å²) in [5.74, 6) is 1.11. The van der Waals surface area contributed by atoms with Gasteiger partial charge in [0.25, 0.3) is 0 Å². The molecule has 6 aliphatic rings. The van der Waals surface area contributed by atoms with Crippen LogP contribution in [0.15, 0.2) is 73.1 Å². The number of anilines is 3. The molecule has 0 bridgehead atoms. The second-order valence-corrected chi connectivity index (χ2v) is 29.3. The first-order valence-corrected chi connectivity index (χ1v) is 31.7. The van der Waals surface area contributed by atoms with Gasteiger partial charge in [0.05, 0.1) is 18.9 Å². The highest BCUT2D eigenvalue weighted by molar-refractivity contribution is 5.56. The summed E-state index contributed by atoms with van der Waals surface area (Å²) in [6.45, 7) is 60.1. The van der Waals surface area contributed by atoms with Crippen molar-refractivity contribution in [2.45, 2.75) is 235 Å². The molecule has 6 saturated heterocycles. The Morgan fingerprint density at radius 3 is 1.30 bits per heavy atom. The van der Waals surface area contributed by atoms with E-state index in [-0.39, 0.29) is 16.6 Å². The molecular weight excluding hydrogens is 987 g/mol. The third-order valence-corrected chi connectivity index (χ3v) is 16.2. The molecule has 3 aromatic rings. The lowest BCUT2D eigenvalue weighted by Gasteiger charge is -2.44. The minimum absolute atomic E-state index is 0.132. The van der Waals surface area contributed by atoms with Gasteiger partial charge in [-0.15, -0.1) is 0 Å². The average molecular weight is 1110 g/mol. The summed E-state index contributed by atoms with van der Waals surface area (Å²) in [4.78, 5) is 26.4. The Kier molecular flexibility index (Phi) is 28.7. The van der Waals surface area contributed by atoms with E-state index in [4.69, 9.17) is 4.74 Å². The Bertz CT molecular complexity index is 2020. The largest absolute Gasteiger partial charge is 0.380 e. The summed E-state index contributed by atoms with van der Waals surface area (Å²) in [7, 11) is 0. The fraction of sp³-hybridized carbons (Fsp3) is 0.765. The van der Waals surface area contributed by atoms with Crippen molar-refractivity contribution in [1.82, 2.24) is 39.8 Å². The van der Waals surface area contributed by atoms with Crippen LogP contribution < -0.4 is 20.4 Å². The van der Waals surface area contributed by atoms with Crippen molar-refractivity contribution < 1.29 is 4.74 Å². The van der Waals surface area contributed by atoms with Crippen molar-refractivity contribution >= 4 is 17.2 Å². The number of hydrogen-bond donors (Lipinski definition) is 2. The van der Waals surface area contributed by atoms with Gasteiger partial charge >= 0.3 is 0 Å². The Morgan fingerprint density at radius 1 is 0.425 bits per heavy atom. The number of aromatic nitrogens is 2. The molecule has 456 valence electrons. The predicted molar refractivity (Wildman–Crippen MR) is 347 cm³/mol. The summed E-state index contributed by atoms with van der Waals surface area (Å²) < 4.78 is 5.25. The van der Waals surface area contributed by atoms with Gasteiger partial charge in [-0.2, -0.15) is 0 Å². The van der Waals surface area contributed by atoms with Crippen LogP contribution in [-0.4, -0.2) is 179 Å². The first kappa shape index (κ1) is 69.1.